The molecule has 0 aliphatic heterocycles. The molecule has 0 fully saturated rings. The third-order valence-electron chi connectivity index (χ3n) is 3.73. The Morgan fingerprint density at radius 2 is 1.82 bits per heavy atom. The van der Waals surface area contributed by atoms with E-state index in [9.17, 15) is 21.6 Å². The predicted octanol–water partition coefficient (Wildman–Crippen LogP) is 4.98. The van der Waals surface area contributed by atoms with Gasteiger partial charge in [0.25, 0.3) is 0 Å². The summed E-state index contributed by atoms with van der Waals surface area (Å²) in [7, 11) is -3.75. The first-order chi connectivity index (χ1) is 13.2. The number of thioether (sulfide) groups is 1. The van der Waals surface area contributed by atoms with E-state index < -0.39 is 21.9 Å². The Labute approximate surface area is 169 Å². The van der Waals surface area contributed by atoms with Crippen LogP contribution in [-0.2, 0) is 16.2 Å². The SMILES string of the molecule is O=S(=O)(NCCSc1cc(C(F)(F)F)nc2ccccc12)c1cccc(Cl)c1. The Morgan fingerprint density at radius 3 is 2.54 bits per heavy atom. The summed E-state index contributed by atoms with van der Waals surface area (Å²) in [6.45, 7) is 0.0392. The Kier molecular flexibility index (Phi) is 6.18. The van der Waals surface area contributed by atoms with E-state index in [-0.39, 0.29) is 22.7 Å². The summed E-state index contributed by atoms with van der Waals surface area (Å²) in [5.74, 6) is 0.241. The van der Waals surface area contributed by atoms with Gasteiger partial charge in [-0.2, -0.15) is 13.2 Å². The molecule has 2 aromatic carbocycles. The maximum Gasteiger partial charge on any atom is 0.433 e. The Hall–Kier alpha value is -1.81. The third-order valence-corrected chi connectivity index (χ3v) is 6.48. The number of halogens is 4. The van der Waals surface area contributed by atoms with Gasteiger partial charge in [0.2, 0.25) is 10.0 Å². The van der Waals surface area contributed by atoms with Crippen LogP contribution in [0.3, 0.4) is 0 Å². The highest BCUT2D eigenvalue weighted by Crippen LogP contribution is 2.34. The van der Waals surface area contributed by atoms with Gasteiger partial charge in [0.05, 0.1) is 10.4 Å². The van der Waals surface area contributed by atoms with Crippen molar-refractivity contribution in [3.05, 3.63) is 65.3 Å². The summed E-state index contributed by atoms with van der Waals surface area (Å²) in [4.78, 5) is 4.08. The molecular weight excluding hydrogens is 433 g/mol. The van der Waals surface area contributed by atoms with Crippen molar-refractivity contribution in [3.8, 4) is 0 Å². The number of hydrogen-bond acceptors (Lipinski definition) is 4. The van der Waals surface area contributed by atoms with Gasteiger partial charge in [-0.05, 0) is 30.3 Å². The summed E-state index contributed by atoms with van der Waals surface area (Å²) < 4.78 is 66.2. The molecule has 0 saturated heterocycles. The second-order valence-electron chi connectivity index (χ2n) is 5.72. The molecule has 0 aliphatic rings. The minimum Gasteiger partial charge on any atom is -0.243 e. The Balaban J connectivity index is 1.73. The van der Waals surface area contributed by atoms with Gasteiger partial charge in [0, 0.05) is 27.6 Å². The lowest BCUT2D eigenvalue weighted by molar-refractivity contribution is -0.141. The van der Waals surface area contributed by atoms with Crippen LogP contribution in [0, 0.1) is 0 Å². The zero-order valence-electron chi connectivity index (χ0n) is 14.2. The van der Waals surface area contributed by atoms with E-state index in [2.05, 4.69) is 9.71 Å². The van der Waals surface area contributed by atoms with Crippen LogP contribution in [0.5, 0.6) is 0 Å². The second kappa shape index (κ2) is 8.28. The van der Waals surface area contributed by atoms with Gasteiger partial charge >= 0.3 is 6.18 Å². The highest BCUT2D eigenvalue weighted by atomic mass is 35.5. The molecule has 28 heavy (non-hydrogen) atoms. The van der Waals surface area contributed by atoms with Gasteiger partial charge in [0.1, 0.15) is 5.69 Å². The van der Waals surface area contributed by atoms with E-state index in [1.165, 1.54) is 24.3 Å². The van der Waals surface area contributed by atoms with Crippen molar-refractivity contribution < 1.29 is 21.6 Å². The molecule has 4 nitrogen and oxygen atoms in total. The fourth-order valence-corrected chi connectivity index (χ4v) is 4.87. The van der Waals surface area contributed by atoms with E-state index in [4.69, 9.17) is 11.6 Å². The lowest BCUT2D eigenvalue weighted by Crippen LogP contribution is -2.26. The first-order valence-corrected chi connectivity index (χ1v) is 10.9. The zero-order valence-corrected chi connectivity index (χ0v) is 16.6. The number of hydrogen-bond donors (Lipinski definition) is 1. The predicted molar refractivity (Wildman–Crippen MR) is 104 cm³/mol. The van der Waals surface area contributed by atoms with Crippen molar-refractivity contribution in [2.75, 3.05) is 12.3 Å². The van der Waals surface area contributed by atoms with Gasteiger partial charge in [-0.3, -0.25) is 0 Å². The number of nitrogens with one attached hydrogen (secondary N) is 1. The number of aromatic nitrogens is 1. The largest absolute Gasteiger partial charge is 0.433 e. The van der Waals surface area contributed by atoms with E-state index in [0.717, 1.165) is 17.8 Å². The minimum atomic E-state index is -4.56. The van der Waals surface area contributed by atoms with Crippen LogP contribution < -0.4 is 4.72 Å². The fraction of sp³-hybridized carbons (Fsp3) is 0.167. The number of sulfonamides is 1. The van der Waals surface area contributed by atoms with E-state index in [1.807, 2.05) is 0 Å². The van der Waals surface area contributed by atoms with Crippen molar-refractivity contribution in [2.45, 2.75) is 16.0 Å². The average Bonchev–Trinajstić information content (AvgIpc) is 2.64. The standard InChI is InChI=1S/C18H14ClF3N2O2S2/c19-12-4-3-5-13(10-12)28(25,26)23-8-9-27-16-11-17(18(20,21)22)24-15-7-2-1-6-14(15)16/h1-7,10-11,23H,8-9H2. The van der Waals surface area contributed by atoms with Crippen LogP contribution in [0.4, 0.5) is 13.2 Å². The third kappa shape index (κ3) is 4.96. The molecule has 0 aliphatic carbocycles. The molecule has 3 rings (SSSR count). The highest BCUT2D eigenvalue weighted by Gasteiger charge is 2.33. The topological polar surface area (TPSA) is 59.1 Å². The van der Waals surface area contributed by atoms with Crippen LogP contribution in [0.15, 0.2) is 64.4 Å². The second-order valence-corrected chi connectivity index (χ2v) is 9.06. The number of para-hydroxylation sites is 1. The number of pyridine rings is 1. The maximum absolute atomic E-state index is 13.1. The molecule has 148 valence electrons. The van der Waals surface area contributed by atoms with Crippen molar-refractivity contribution >= 4 is 44.3 Å². The van der Waals surface area contributed by atoms with Gasteiger partial charge in [-0.1, -0.05) is 35.9 Å². The Bertz CT molecular complexity index is 1110. The molecular formula is C18H14ClF3N2O2S2. The lowest BCUT2D eigenvalue weighted by atomic mass is 10.2. The van der Waals surface area contributed by atoms with Gasteiger partial charge in [0.15, 0.2) is 0 Å². The van der Waals surface area contributed by atoms with Gasteiger partial charge in [-0.25, -0.2) is 18.1 Å². The molecule has 0 unspecified atom stereocenters. The number of alkyl halides is 3. The molecule has 0 amide bonds. The van der Waals surface area contributed by atoms with Crippen LogP contribution in [0.2, 0.25) is 5.02 Å². The highest BCUT2D eigenvalue weighted by molar-refractivity contribution is 7.99. The summed E-state index contributed by atoms with van der Waals surface area (Å²) in [6.07, 6.45) is -4.56. The molecule has 0 bridgehead atoms. The van der Waals surface area contributed by atoms with Crippen molar-refractivity contribution in [1.29, 1.82) is 0 Å². The smallest absolute Gasteiger partial charge is 0.243 e. The molecule has 1 N–H and O–H groups in total. The number of rotatable bonds is 6. The van der Waals surface area contributed by atoms with Crippen LogP contribution >= 0.6 is 23.4 Å². The first-order valence-electron chi connectivity index (χ1n) is 8.02. The zero-order chi connectivity index (χ0) is 20.4. The normalized spacial score (nSPS) is 12.4. The molecule has 0 radical (unpaired) electrons. The van der Waals surface area contributed by atoms with Crippen LogP contribution in [0.1, 0.15) is 5.69 Å². The minimum absolute atomic E-state index is 0.0266. The molecule has 1 aromatic heterocycles. The molecule has 1 heterocycles. The maximum atomic E-state index is 13.1. The molecule has 3 aromatic rings. The van der Waals surface area contributed by atoms with E-state index >= 15 is 0 Å². The molecule has 0 spiro atoms. The van der Waals surface area contributed by atoms with Crippen LogP contribution in [0.25, 0.3) is 10.9 Å². The summed E-state index contributed by atoms with van der Waals surface area (Å²) in [5, 5.41) is 0.874. The molecule has 10 heteroatoms. The summed E-state index contributed by atoms with van der Waals surface area (Å²) >= 11 is 6.93. The quantitative estimate of drug-likeness (QED) is 0.428. The number of nitrogens with zero attached hydrogens (tertiary/aromatic N) is 1. The Morgan fingerprint density at radius 1 is 1.07 bits per heavy atom. The molecule has 0 saturated carbocycles. The summed E-state index contributed by atoms with van der Waals surface area (Å²) in [6, 6.07) is 13.3. The van der Waals surface area contributed by atoms with E-state index in [1.54, 1.807) is 24.3 Å². The van der Waals surface area contributed by atoms with Crippen molar-refractivity contribution in [2.24, 2.45) is 0 Å². The fourth-order valence-electron chi connectivity index (χ4n) is 2.46. The number of fused-ring (bicyclic) bond motifs is 1. The van der Waals surface area contributed by atoms with Crippen molar-refractivity contribution in [1.82, 2.24) is 9.71 Å². The van der Waals surface area contributed by atoms with Gasteiger partial charge in [-0.15, -0.1) is 11.8 Å². The average molecular weight is 447 g/mol. The van der Waals surface area contributed by atoms with Gasteiger partial charge < -0.3 is 0 Å². The monoisotopic (exact) mass is 446 g/mol. The molecule has 0 atom stereocenters. The first kappa shape index (κ1) is 20.9. The lowest BCUT2D eigenvalue weighted by Gasteiger charge is -2.12. The van der Waals surface area contributed by atoms with Crippen molar-refractivity contribution in [3.63, 3.8) is 0 Å². The van der Waals surface area contributed by atoms with E-state index in [0.29, 0.717) is 15.3 Å². The summed E-state index contributed by atoms with van der Waals surface area (Å²) in [5.41, 5.74) is -0.743. The van der Waals surface area contributed by atoms with Crippen LogP contribution in [-0.4, -0.2) is 25.7 Å². The number of benzene rings is 2.